The Bertz CT molecular complexity index is 1160. The largest absolute Gasteiger partial charge is 0.491 e. The summed E-state index contributed by atoms with van der Waals surface area (Å²) >= 11 is 6.59. The van der Waals surface area contributed by atoms with Gasteiger partial charge in [-0.3, -0.25) is 0 Å². The zero-order chi connectivity index (χ0) is 25.1. The molecule has 1 fully saturated rings. The fourth-order valence-corrected chi connectivity index (χ4v) is 4.37. The molecule has 0 radical (unpaired) electrons. The molecule has 9 nitrogen and oxygen atoms in total. The fourth-order valence-electron chi connectivity index (χ4n) is 4.16. The maximum atomic E-state index is 9.99. The smallest absolute Gasteiger partial charge is 0.163 e. The number of likely N-dealkylation sites (N-methyl/N-ethyl adjacent to an activating group) is 1. The van der Waals surface area contributed by atoms with Gasteiger partial charge in [-0.25, -0.2) is 9.97 Å². The van der Waals surface area contributed by atoms with Gasteiger partial charge in [-0.1, -0.05) is 16.8 Å². The van der Waals surface area contributed by atoms with Crippen LogP contribution in [0.2, 0.25) is 5.02 Å². The van der Waals surface area contributed by atoms with Crippen molar-refractivity contribution in [3.05, 3.63) is 40.2 Å². The third kappa shape index (κ3) is 5.59. The number of benzene rings is 1. The molecule has 3 aromatic rings. The Balaban J connectivity index is 1.73. The average molecular weight is 502 g/mol. The van der Waals surface area contributed by atoms with Gasteiger partial charge < -0.3 is 29.7 Å². The number of halogens is 1. The van der Waals surface area contributed by atoms with Gasteiger partial charge in [-0.15, -0.1) is 0 Å². The summed E-state index contributed by atoms with van der Waals surface area (Å²) in [5.41, 5.74) is 3.87. The number of hydrogen-bond donors (Lipinski definition) is 3. The van der Waals surface area contributed by atoms with E-state index in [9.17, 15) is 5.11 Å². The molecule has 2 heterocycles. The van der Waals surface area contributed by atoms with E-state index in [1.807, 2.05) is 20.8 Å². The van der Waals surface area contributed by atoms with Crippen molar-refractivity contribution in [2.75, 3.05) is 32.6 Å². The number of nitrogens with one attached hydrogen (secondary N) is 2. The van der Waals surface area contributed by atoms with E-state index in [0.29, 0.717) is 34.5 Å². The zero-order valence-corrected chi connectivity index (χ0v) is 21.4. The summed E-state index contributed by atoms with van der Waals surface area (Å²) in [6.45, 7) is 6.34. The molecule has 4 rings (SSSR count). The van der Waals surface area contributed by atoms with Gasteiger partial charge in [0.15, 0.2) is 5.82 Å². The van der Waals surface area contributed by atoms with E-state index < -0.39 is 6.10 Å². The van der Waals surface area contributed by atoms with E-state index in [0.717, 1.165) is 41.2 Å². The summed E-state index contributed by atoms with van der Waals surface area (Å²) in [6, 6.07) is 5.57. The molecule has 1 aliphatic carbocycles. The van der Waals surface area contributed by atoms with E-state index in [1.54, 1.807) is 32.4 Å². The SMILES string of the molecule is CNC[C@H](O)COc1ccc(Cl)c(-c2nc(NC3CC(OC)C3)c(C)c(-c3c(C)noc3C)n2)c1. The van der Waals surface area contributed by atoms with Crippen molar-refractivity contribution < 1.29 is 19.1 Å². The Hall–Kier alpha value is -2.72. The molecule has 10 heteroatoms. The number of ether oxygens (including phenoxy) is 2. The normalized spacial score (nSPS) is 18.3. The summed E-state index contributed by atoms with van der Waals surface area (Å²) in [6.07, 6.45) is 1.46. The molecule has 0 aliphatic heterocycles. The lowest BCUT2D eigenvalue weighted by atomic mass is 9.89. The minimum atomic E-state index is -0.630. The van der Waals surface area contributed by atoms with Crippen LogP contribution in [0.3, 0.4) is 0 Å². The molecule has 0 bridgehead atoms. The number of nitrogens with zero attached hydrogens (tertiary/aromatic N) is 3. The molecule has 1 aliphatic rings. The highest BCUT2D eigenvalue weighted by atomic mass is 35.5. The lowest BCUT2D eigenvalue weighted by Gasteiger charge is -2.35. The predicted octanol–water partition coefficient (Wildman–Crippen LogP) is 3.93. The molecule has 188 valence electrons. The quantitative estimate of drug-likeness (QED) is 0.380. The third-order valence-electron chi connectivity index (χ3n) is 6.25. The Kier molecular flexibility index (Phi) is 7.91. The topological polar surface area (TPSA) is 115 Å². The zero-order valence-electron chi connectivity index (χ0n) is 20.7. The highest BCUT2D eigenvalue weighted by Gasteiger charge is 2.30. The van der Waals surface area contributed by atoms with Crippen LogP contribution in [0.1, 0.15) is 29.9 Å². The summed E-state index contributed by atoms with van der Waals surface area (Å²) < 4.78 is 16.6. The van der Waals surface area contributed by atoms with Crippen LogP contribution in [0.4, 0.5) is 5.82 Å². The number of methoxy groups -OCH3 is 1. The number of anilines is 1. The Labute approximate surface area is 210 Å². The monoisotopic (exact) mass is 501 g/mol. The molecule has 35 heavy (non-hydrogen) atoms. The first kappa shape index (κ1) is 25.4. The second-order valence-corrected chi connectivity index (χ2v) is 9.31. The summed E-state index contributed by atoms with van der Waals surface area (Å²) in [7, 11) is 3.51. The molecule has 1 aromatic carbocycles. The van der Waals surface area contributed by atoms with Gasteiger partial charge in [0, 0.05) is 30.8 Å². The Morgan fingerprint density at radius 1 is 1.23 bits per heavy atom. The minimum Gasteiger partial charge on any atom is -0.491 e. The number of aromatic nitrogens is 3. The average Bonchev–Trinajstić information content (AvgIpc) is 3.14. The highest BCUT2D eigenvalue weighted by molar-refractivity contribution is 6.33. The van der Waals surface area contributed by atoms with Crippen LogP contribution in [-0.2, 0) is 4.74 Å². The Morgan fingerprint density at radius 3 is 2.66 bits per heavy atom. The van der Waals surface area contributed by atoms with E-state index in [4.69, 9.17) is 35.6 Å². The van der Waals surface area contributed by atoms with Crippen LogP contribution in [0, 0.1) is 20.8 Å². The lowest BCUT2D eigenvalue weighted by Crippen LogP contribution is -2.40. The van der Waals surface area contributed by atoms with Gasteiger partial charge in [0.25, 0.3) is 0 Å². The molecule has 0 spiro atoms. The second kappa shape index (κ2) is 10.9. The standard InChI is InChI=1S/C25H32ClN5O4/c1-13-23(22-14(2)31-35-15(22)3)29-25(30-24(13)28-16-8-19(9-16)33-5)20-10-18(6-7-21(20)26)34-12-17(32)11-27-4/h6-7,10,16-17,19,27,32H,8-9,11-12H2,1-5H3,(H,28,29,30)/t16?,17-,19?/m0/s1. The molecule has 1 atom stereocenters. The number of hydrogen-bond acceptors (Lipinski definition) is 9. The highest BCUT2D eigenvalue weighted by Crippen LogP contribution is 2.37. The number of rotatable bonds is 10. The van der Waals surface area contributed by atoms with E-state index >= 15 is 0 Å². The van der Waals surface area contributed by atoms with Crippen LogP contribution < -0.4 is 15.4 Å². The summed E-state index contributed by atoms with van der Waals surface area (Å²) in [5, 5.41) is 21.1. The molecule has 0 unspecified atom stereocenters. The first-order valence-corrected chi connectivity index (χ1v) is 12.0. The molecule has 0 saturated heterocycles. The van der Waals surface area contributed by atoms with Crippen LogP contribution in [0.5, 0.6) is 5.75 Å². The van der Waals surface area contributed by atoms with Crippen molar-refractivity contribution in [1.29, 1.82) is 0 Å². The minimum absolute atomic E-state index is 0.149. The maximum absolute atomic E-state index is 9.99. The molecule has 3 N–H and O–H groups in total. The maximum Gasteiger partial charge on any atom is 0.163 e. The van der Waals surface area contributed by atoms with Crippen molar-refractivity contribution in [2.24, 2.45) is 0 Å². The van der Waals surface area contributed by atoms with Gasteiger partial charge in [0.05, 0.1) is 28.1 Å². The second-order valence-electron chi connectivity index (χ2n) is 8.90. The van der Waals surface area contributed by atoms with Crippen LogP contribution in [0.15, 0.2) is 22.7 Å². The number of aliphatic hydroxyl groups excluding tert-OH is 1. The van der Waals surface area contributed by atoms with Gasteiger partial charge in [0.2, 0.25) is 0 Å². The van der Waals surface area contributed by atoms with Gasteiger partial charge in [-0.05, 0) is 58.9 Å². The van der Waals surface area contributed by atoms with Gasteiger partial charge >= 0.3 is 0 Å². The predicted molar refractivity (Wildman–Crippen MR) is 135 cm³/mol. The first-order valence-electron chi connectivity index (χ1n) is 11.7. The van der Waals surface area contributed by atoms with E-state index in [2.05, 4.69) is 15.8 Å². The lowest BCUT2D eigenvalue weighted by molar-refractivity contribution is 0.0328. The van der Waals surface area contributed by atoms with Crippen molar-refractivity contribution in [3.8, 4) is 28.4 Å². The van der Waals surface area contributed by atoms with Crippen LogP contribution >= 0.6 is 11.6 Å². The van der Waals surface area contributed by atoms with E-state index in [1.165, 1.54) is 0 Å². The van der Waals surface area contributed by atoms with Crippen molar-refractivity contribution in [3.63, 3.8) is 0 Å². The van der Waals surface area contributed by atoms with Crippen molar-refractivity contribution >= 4 is 17.4 Å². The molecule has 0 amide bonds. The summed E-state index contributed by atoms with van der Waals surface area (Å²) in [4.78, 5) is 9.76. The molecular formula is C25H32ClN5O4. The number of aliphatic hydroxyl groups is 1. The molecule has 2 aromatic heterocycles. The van der Waals surface area contributed by atoms with E-state index in [-0.39, 0.29) is 18.8 Å². The molecule has 1 saturated carbocycles. The Morgan fingerprint density at radius 2 is 2.00 bits per heavy atom. The summed E-state index contributed by atoms with van der Waals surface area (Å²) in [5.74, 6) is 2.45. The fraction of sp³-hybridized carbons (Fsp3) is 0.480. The van der Waals surface area contributed by atoms with Crippen LogP contribution in [0.25, 0.3) is 22.6 Å². The third-order valence-corrected chi connectivity index (χ3v) is 6.58. The van der Waals surface area contributed by atoms with Crippen molar-refractivity contribution in [2.45, 2.75) is 51.9 Å². The molecular weight excluding hydrogens is 470 g/mol. The van der Waals surface area contributed by atoms with Crippen molar-refractivity contribution in [1.82, 2.24) is 20.4 Å². The first-order chi connectivity index (χ1) is 16.8. The van der Waals surface area contributed by atoms with Gasteiger partial charge in [-0.2, -0.15) is 0 Å². The van der Waals surface area contributed by atoms with Crippen LogP contribution in [-0.4, -0.2) is 65.8 Å². The van der Waals surface area contributed by atoms with Gasteiger partial charge in [0.1, 0.15) is 30.0 Å². The number of aryl methyl sites for hydroxylation is 2.